The van der Waals surface area contributed by atoms with E-state index in [4.69, 9.17) is 12.2 Å². The van der Waals surface area contributed by atoms with Crippen LogP contribution in [0.3, 0.4) is 0 Å². The van der Waals surface area contributed by atoms with E-state index in [0.717, 1.165) is 18.8 Å². The monoisotopic (exact) mass is 410 g/mol. The summed E-state index contributed by atoms with van der Waals surface area (Å²) >= 11 is 5.16. The van der Waals surface area contributed by atoms with Crippen molar-refractivity contribution in [2.75, 3.05) is 18.0 Å². The number of nitrogens with zero attached hydrogens (tertiary/aromatic N) is 3. The molecule has 2 N–H and O–H groups in total. The fourth-order valence-corrected chi connectivity index (χ4v) is 3.65. The molecule has 29 heavy (non-hydrogen) atoms. The van der Waals surface area contributed by atoms with Crippen LogP contribution in [0.15, 0.2) is 58.3 Å². The van der Waals surface area contributed by atoms with E-state index in [2.05, 4.69) is 14.9 Å². The van der Waals surface area contributed by atoms with Gasteiger partial charge in [-0.3, -0.25) is 19.3 Å². The highest BCUT2D eigenvalue weighted by atomic mass is 32.1. The maximum atomic E-state index is 13.2. The van der Waals surface area contributed by atoms with Crippen molar-refractivity contribution in [1.29, 1.82) is 0 Å². The number of nitrogens with one attached hydrogen (secondary N) is 1. The summed E-state index contributed by atoms with van der Waals surface area (Å²) in [5, 5.41) is 10.7. The van der Waals surface area contributed by atoms with E-state index >= 15 is 0 Å². The number of H-pyrrole nitrogens is 1. The van der Waals surface area contributed by atoms with E-state index in [-0.39, 0.29) is 16.2 Å². The lowest BCUT2D eigenvalue weighted by atomic mass is 10.2. The lowest BCUT2D eigenvalue weighted by Crippen LogP contribution is -2.18. The number of hydrogen-bond acceptors (Lipinski definition) is 5. The van der Waals surface area contributed by atoms with Gasteiger partial charge in [0.2, 0.25) is 5.88 Å². The van der Waals surface area contributed by atoms with Crippen molar-refractivity contribution in [3.05, 3.63) is 75.0 Å². The normalized spacial score (nSPS) is 14.0. The minimum Gasteiger partial charge on any atom is -0.494 e. The highest BCUT2D eigenvalue weighted by molar-refractivity contribution is 7.71. The Kier molecular flexibility index (Phi) is 5.26. The van der Waals surface area contributed by atoms with Gasteiger partial charge >= 0.3 is 0 Å². The Morgan fingerprint density at radius 3 is 2.55 bits per heavy atom. The molecule has 8 heteroatoms. The molecule has 0 aliphatic carbocycles. The zero-order valence-corrected chi connectivity index (χ0v) is 16.3. The van der Waals surface area contributed by atoms with Gasteiger partial charge in [0.1, 0.15) is 11.4 Å². The third-order valence-corrected chi connectivity index (χ3v) is 5.13. The molecule has 148 valence electrons. The highest BCUT2D eigenvalue weighted by Crippen LogP contribution is 2.25. The predicted octanol–water partition coefficient (Wildman–Crippen LogP) is 4.09. The summed E-state index contributed by atoms with van der Waals surface area (Å²) in [5.74, 6) is -0.770. The van der Waals surface area contributed by atoms with Crippen LogP contribution in [-0.2, 0) is 0 Å². The minimum atomic E-state index is -0.551. The summed E-state index contributed by atoms with van der Waals surface area (Å²) in [5.41, 5.74) is 1.59. The van der Waals surface area contributed by atoms with Gasteiger partial charge in [0.15, 0.2) is 4.77 Å². The van der Waals surface area contributed by atoms with Gasteiger partial charge < -0.3 is 10.0 Å². The van der Waals surface area contributed by atoms with Crippen molar-refractivity contribution in [3.8, 4) is 11.6 Å². The number of hydrogen-bond donors (Lipinski definition) is 2. The maximum absolute atomic E-state index is 13.2. The highest BCUT2D eigenvalue weighted by Gasteiger charge is 2.14. The van der Waals surface area contributed by atoms with Crippen LogP contribution < -0.4 is 10.5 Å². The zero-order valence-electron chi connectivity index (χ0n) is 15.5. The van der Waals surface area contributed by atoms with Crippen molar-refractivity contribution < 1.29 is 9.50 Å². The molecule has 1 aliphatic rings. The number of aliphatic imine (C=N–C) groups is 1. The van der Waals surface area contributed by atoms with Gasteiger partial charge in [-0.05, 0) is 67.5 Å². The number of rotatable bonds is 4. The Bertz CT molecular complexity index is 1180. The van der Waals surface area contributed by atoms with E-state index < -0.39 is 11.4 Å². The van der Waals surface area contributed by atoms with Crippen LogP contribution in [0.1, 0.15) is 18.4 Å². The smallest absolute Gasteiger partial charge is 0.264 e. The molecule has 1 saturated heterocycles. The van der Waals surface area contributed by atoms with Crippen molar-refractivity contribution in [2.45, 2.75) is 12.8 Å². The Morgan fingerprint density at radius 1 is 1.10 bits per heavy atom. The topological polar surface area (TPSA) is 73.6 Å². The van der Waals surface area contributed by atoms with Crippen LogP contribution >= 0.6 is 12.2 Å². The Balaban J connectivity index is 1.71. The minimum absolute atomic E-state index is 0.00675. The zero-order chi connectivity index (χ0) is 20.4. The molecule has 4 rings (SSSR count). The predicted molar refractivity (Wildman–Crippen MR) is 114 cm³/mol. The summed E-state index contributed by atoms with van der Waals surface area (Å²) in [6.07, 6.45) is 3.66. The van der Waals surface area contributed by atoms with Crippen LogP contribution in [-0.4, -0.2) is 34.0 Å². The maximum Gasteiger partial charge on any atom is 0.264 e. The molecule has 1 aromatic heterocycles. The second-order valence-corrected chi connectivity index (χ2v) is 7.17. The van der Waals surface area contributed by atoms with E-state index in [1.807, 2.05) is 24.3 Å². The number of benzene rings is 2. The average Bonchev–Trinajstić information content (AvgIpc) is 3.24. The fraction of sp³-hybridized carbons (Fsp3) is 0.190. The fourth-order valence-electron chi connectivity index (χ4n) is 3.37. The third-order valence-electron chi connectivity index (χ3n) is 4.85. The molecular formula is C21H19FN4O2S. The first-order chi connectivity index (χ1) is 14.0. The van der Waals surface area contributed by atoms with Crippen LogP contribution in [0, 0.1) is 10.6 Å². The molecular weight excluding hydrogens is 391 g/mol. The molecule has 0 spiro atoms. The Labute approximate surface area is 171 Å². The van der Waals surface area contributed by atoms with Gasteiger partial charge in [-0.1, -0.05) is 6.07 Å². The third kappa shape index (κ3) is 3.97. The van der Waals surface area contributed by atoms with Crippen LogP contribution in [0.5, 0.6) is 5.88 Å². The van der Waals surface area contributed by atoms with Gasteiger partial charge in [-0.25, -0.2) is 4.39 Å². The molecule has 2 heterocycles. The van der Waals surface area contributed by atoms with E-state index in [0.29, 0.717) is 11.4 Å². The Hall–Kier alpha value is -3.26. The molecule has 1 fully saturated rings. The first-order valence-corrected chi connectivity index (χ1v) is 9.67. The quantitative estimate of drug-likeness (QED) is 0.502. The van der Waals surface area contributed by atoms with E-state index in [1.165, 1.54) is 47.9 Å². The molecule has 0 unspecified atom stereocenters. The van der Waals surface area contributed by atoms with Gasteiger partial charge in [0.25, 0.3) is 5.56 Å². The molecule has 0 atom stereocenters. The van der Waals surface area contributed by atoms with Crippen LogP contribution in [0.25, 0.3) is 5.69 Å². The van der Waals surface area contributed by atoms with E-state index in [9.17, 15) is 14.3 Å². The van der Waals surface area contributed by atoms with Gasteiger partial charge in [-0.15, -0.1) is 0 Å². The Morgan fingerprint density at radius 2 is 1.83 bits per heavy atom. The van der Waals surface area contributed by atoms with Gasteiger partial charge in [-0.2, -0.15) is 0 Å². The summed E-state index contributed by atoms with van der Waals surface area (Å²) in [4.78, 5) is 21.5. The average molecular weight is 410 g/mol. The standard InChI is InChI=1S/C21H19FN4O2S/c22-14-6-8-16(9-7-14)26-20(28)18(19(27)24-21(26)29)13-23-15-4-3-5-17(12-15)25-10-1-2-11-25/h3-9,12-13,28H,1-2,10-11H2,(H,24,27,29). The largest absolute Gasteiger partial charge is 0.494 e. The first kappa shape index (κ1) is 19.1. The molecule has 0 amide bonds. The molecule has 0 bridgehead atoms. The van der Waals surface area contributed by atoms with Gasteiger partial charge in [0.05, 0.1) is 11.4 Å². The summed E-state index contributed by atoms with van der Waals surface area (Å²) in [6.45, 7) is 2.04. The number of halogens is 1. The second kappa shape index (κ2) is 8.00. The van der Waals surface area contributed by atoms with Crippen molar-refractivity contribution >= 4 is 29.8 Å². The number of aromatic amines is 1. The van der Waals surface area contributed by atoms with Crippen molar-refractivity contribution in [3.63, 3.8) is 0 Å². The molecule has 3 aromatic rings. The molecule has 0 saturated carbocycles. The molecule has 2 aromatic carbocycles. The first-order valence-electron chi connectivity index (χ1n) is 9.26. The molecule has 6 nitrogen and oxygen atoms in total. The van der Waals surface area contributed by atoms with Gasteiger partial charge in [0, 0.05) is 25.0 Å². The van der Waals surface area contributed by atoms with Crippen LogP contribution in [0.2, 0.25) is 0 Å². The second-order valence-electron chi connectivity index (χ2n) is 6.78. The number of anilines is 1. The summed E-state index contributed by atoms with van der Waals surface area (Å²) in [7, 11) is 0. The van der Waals surface area contributed by atoms with Crippen molar-refractivity contribution in [2.24, 2.45) is 4.99 Å². The van der Waals surface area contributed by atoms with Crippen LogP contribution in [0.4, 0.5) is 15.8 Å². The summed E-state index contributed by atoms with van der Waals surface area (Å²) in [6, 6.07) is 13.1. The SMILES string of the molecule is O=c1[nH]c(=S)n(-c2ccc(F)cc2)c(O)c1C=Nc1cccc(N2CCCC2)c1. The van der Waals surface area contributed by atoms with Crippen molar-refractivity contribution in [1.82, 2.24) is 9.55 Å². The molecule has 0 radical (unpaired) electrons. The van der Waals surface area contributed by atoms with E-state index in [1.54, 1.807) is 0 Å². The molecule has 1 aliphatic heterocycles. The lowest BCUT2D eigenvalue weighted by Gasteiger charge is -2.17. The summed E-state index contributed by atoms with van der Waals surface area (Å²) < 4.78 is 14.5. The number of aromatic hydroxyl groups is 1. The number of aromatic nitrogens is 2. The lowest BCUT2D eigenvalue weighted by molar-refractivity contribution is 0.432.